The van der Waals surface area contributed by atoms with Gasteiger partial charge in [0.1, 0.15) is 13.4 Å². The van der Waals surface area contributed by atoms with Crippen molar-refractivity contribution in [2.24, 2.45) is 5.92 Å². The normalized spacial score (nSPS) is 11.7. The molecule has 7 nitrogen and oxygen atoms in total. The standard InChI is InChI=1S/C25H33NO6/c1-26(13-14-30-20-31-16-15-29-2)24(27)18-23(17-21-9-5-3-6-10-21)25(28)32-19-22-11-7-4-8-12-22/h3-12,23H,13-20H2,1-2H3/t23-/m1/s1. The van der Waals surface area contributed by atoms with Crippen molar-refractivity contribution >= 4 is 11.9 Å². The lowest BCUT2D eigenvalue weighted by molar-refractivity contribution is -0.152. The molecule has 0 spiro atoms. The Kier molecular flexibility index (Phi) is 12.1. The van der Waals surface area contributed by atoms with Crippen molar-refractivity contribution in [3.8, 4) is 0 Å². The molecule has 0 radical (unpaired) electrons. The van der Waals surface area contributed by atoms with Gasteiger partial charge in [0.15, 0.2) is 0 Å². The van der Waals surface area contributed by atoms with Gasteiger partial charge >= 0.3 is 5.97 Å². The molecule has 0 unspecified atom stereocenters. The van der Waals surface area contributed by atoms with Gasteiger partial charge in [-0.05, 0) is 17.5 Å². The molecule has 7 heteroatoms. The van der Waals surface area contributed by atoms with Gasteiger partial charge in [0, 0.05) is 27.1 Å². The Hall–Kier alpha value is -2.74. The second-order valence-corrected chi connectivity index (χ2v) is 7.43. The zero-order valence-electron chi connectivity index (χ0n) is 18.9. The van der Waals surface area contributed by atoms with Crippen LogP contribution in [0, 0.1) is 5.92 Å². The van der Waals surface area contributed by atoms with Crippen molar-refractivity contribution in [3.63, 3.8) is 0 Å². The first-order valence-electron chi connectivity index (χ1n) is 10.7. The molecule has 0 heterocycles. The summed E-state index contributed by atoms with van der Waals surface area (Å²) in [5.74, 6) is -1.07. The van der Waals surface area contributed by atoms with Crippen LogP contribution in [0.5, 0.6) is 0 Å². The van der Waals surface area contributed by atoms with Crippen LogP contribution < -0.4 is 0 Å². The minimum Gasteiger partial charge on any atom is -0.461 e. The maximum atomic E-state index is 12.8. The van der Waals surface area contributed by atoms with Gasteiger partial charge < -0.3 is 23.8 Å². The maximum Gasteiger partial charge on any atom is 0.310 e. The van der Waals surface area contributed by atoms with E-state index in [0.29, 0.717) is 32.8 Å². The van der Waals surface area contributed by atoms with E-state index in [2.05, 4.69) is 0 Å². The number of ether oxygens (including phenoxy) is 4. The second kappa shape index (κ2) is 15.1. The van der Waals surface area contributed by atoms with E-state index >= 15 is 0 Å². The summed E-state index contributed by atoms with van der Waals surface area (Å²) in [6.45, 7) is 2.04. The molecule has 2 rings (SSSR count). The third-order valence-corrected chi connectivity index (χ3v) is 4.90. The average Bonchev–Trinajstić information content (AvgIpc) is 2.82. The van der Waals surface area contributed by atoms with Crippen LogP contribution in [0.15, 0.2) is 60.7 Å². The number of hydrogen-bond donors (Lipinski definition) is 0. The average molecular weight is 444 g/mol. The van der Waals surface area contributed by atoms with E-state index in [9.17, 15) is 9.59 Å². The van der Waals surface area contributed by atoms with Gasteiger partial charge in [-0.1, -0.05) is 60.7 Å². The van der Waals surface area contributed by atoms with Crippen LogP contribution in [0.3, 0.4) is 0 Å². The first-order chi connectivity index (χ1) is 15.6. The molecule has 0 saturated carbocycles. The number of methoxy groups -OCH3 is 1. The number of carbonyl (C=O) groups excluding carboxylic acids is 2. The van der Waals surface area contributed by atoms with E-state index in [1.54, 1.807) is 19.1 Å². The molecular formula is C25H33NO6. The zero-order chi connectivity index (χ0) is 23.0. The highest BCUT2D eigenvalue weighted by Crippen LogP contribution is 2.17. The minimum absolute atomic E-state index is 0.0728. The molecule has 174 valence electrons. The van der Waals surface area contributed by atoms with E-state index in [1.165, 1.54) is 0 Å². The SMILES string of the molecule is COCCOCOCCN(C)C(=O)C[C@@H](Cc1ccccc1)C(=O)OCc1ccccc1. The summed E-state index contributed by atoms with van der Waals surface area (Å²) >= 11 is 0. The maximum absolute atomic E-state index is 12.8. The van der Waals surface area contributed by atoms with E-state index in [0.717, 1.165) is 11.1 Å². The molecule has 0 aliphatic carbocycles. The van der Waals surface area contributed by atoms with Gasteiger partial charge in [0.2, 0.25) is 5.91 Å². The fourth-order valence-electron chi connectivity index (χ4n) is 3.00. The molecular weight excluding hydrogens is 410 g/mol. The highest BCUT2D eigenvalue weighted by atomic mass is 16.7. The quantitative estimate of drug-likeness (QED) is 0.239. The van der Waals surface area contributed by atoms with E-state index < -0.39 is 5.92 Å². The summed E-state index contributed by atoms with van der Waals surface area (Å²) in [5, 5.41) is 0. The summed E-state index contributed by atoms with van der Waals surface area (Å²) in [6, 6.07) is 19.2. The molecule has 32 heavy (non-hydrogen) atoms. The number of rotatable bonds is 15. The third kappa shape index (κ3) is 10.0. The van der Waals surface area contributed by atoms with Crippen molar-refractivity contribution in [2.45, 2.75) is 19.4 Å². The lowest BCUT2D eigenvalue weighted by Crippen LogP contribution is -2.34. The summed E-state index contributed by atoms with van der Waals surface area (Å²) in [5.41, 5.74) is 1.90. The summed E-state index contributed by atoms with van der Waals surface area (Å²) in [6.07, 6.45) is 0.515. The fourth-order valence-corrected chi connectivity index (χ4v) is 3.00. The number of hydrogen-bond acceptors (Lipinski definition) is 6. The third-order valence-electron chi connectivity index (χ3n) is 4.90. The molecule has 0 aliphatic heterocycles. The zero-order valence-corrected chi connectivity index (χ0v) is 18.9. The molecule has 0 fully saturated rings. The molecule has 0 bridgehead atoms. The lowest BCUT2D eigenvalue weighted by Gasteiger charge is -2.21. The van der Waals surface area contributed by atoms with Crippen LogP contribution in [0.2, 0.25) is 0 Å². The van der Waals surface area contributed by atoms with Gasteiger partial charge in [-0.3, -0.25) is 9.59 Å². The van der Waals surface area contributed by atoms with Gasteiger partial charge in [-0.15, -0.1) is 0 Å². The molecule has 2 aromatic carbocycles. The molecule has 1 atom stereocenters. The number of carbonyl (C=O) groups is 2. The van der Waals surface area contributed by atoms with E-state index in [1.807, 2.05) is 60.7 Å². The van der Waals surface area contributed by atoms with Gasteiger partial charge in [-0.2, -0.15) is 0 Å². The second-order valence-electron chi connectivity index (χ2n) is 7.43. The molecule has 0 N–H and O–H groups in total. The van der Waals surface area contributed by atoms with Crippen LogP contribution in [-0.4, -0.2) is 64.1 Å². The predicted molar refractivity (Wildman–Crippen MR) is 121 cm³/mol. The number of likely N-dealkylation sites (N-methyl/N-ethyl adjacent to an activating group) is 1. The summed E-state index contributed by atoms with van der Waals surface area (Å²) in [7, 11) is 3.31. The molecule has 1 amide bonds. The van der Waals surface area contributed by atoms with Gasteiger partial charge in [0.25, 0.3) is 0 Å². The summed E-state index contributed by atoms with van der Waals surface area (Å²) < 4.78 is 21.0. The van der Waals surface area contributed by atoms with E-state index in [4.69, 9.17) is 18.9 Å². The van der Waals surface area contributed by atoms with Crippen molar-refractivity contribution in [2.75, 3.05) is 47.3 Å². The van der Waals surface area contributed by atoms with Crippen LogP contribution in [0.25, 0.3) is 0 Å². The largest absolute Gasteiger partial charge is 0.461 e. The highest BCUT2D eigenvalue weighted by Gasteiger charge is 2.25. The fraction of sp³-hybridized carbons (Fsp3) is 0.440. The van der Waals surface area contributed by atoms with Crippen LogP contribution >= 0.6 is 0 Å². The van der Waals surface area contributed by atoms with Gasteiger partial charge in [0.05, 0.1) is 25.7 Å². The van der Waals surface area contributed by atoms with Crippen LogP contribution in [0.4, 0.5) is 0 Å². The number of benzene rings is 2. The Morgan fingerprint density at radius 2 is 1.50 bits per heavy atom. The highest BCUT2D eigenvalue weighted by molar-refractivity contribution is 5.83. The Balaban J connectivity index is 1.85. The minimum atomic E-state index is -0.561. The monoisotopic (exact) mass is 443 g/mol. The Morgan fingerprint density at radius 1 is 0.875 bits per heavy atom. The molecule has 0 aliphatic rings. The topological polar surface area (TPSA) is 74.3 Å². The van der Waals surface area contributed by atoms with Crippen molar-refractivity contribution in [1.29, 1.82) is 0 Å². The summed E-state index contributed by atoms with van der Waals surface area (Å²) in [4.78, 5) is 27.1. The van der Waals surface area contributed by atoms with Crippen LogP contribution in [-0.2, 0) is 41.6 Å². The molecule has 2 aromatic rings. The van der Waals surface area contributed by atoms with Crippen LogP contribution in [0.1, 0.15) is 17.5 Å². The first-order valence-corrected chi connectivity index (χ1v) is 10.7. The number of esters is 1. The number of nitrogens with zero attached hydrogens (tertiary/aromatic N) is 1. The first kappa shape index (κ1) is 25.5. The smallest absolute Gasteiger partial charge is 0.310 e. The van der Waals surface area contributed by atoms with Crippen molar-refractivity contribution < 1.29 is 28.5 Å². The molecule has 0 aromatic heterocycles. The van der Waals surface area contributed by atoms with Crippen molar-refractivity contribution in [1.82, 2.24) is 4.90 Å². The van der Waals surface area contributed by atoms with Gasteiger partial charge in [-0.25, -0.2) is 0 Å². The Labute approximate surface area is 190 Å². The Morgan fingerprint density at radius 3 is 2.16 bits per heavy atom. The lowest BCUT2D eigenvalue weighted by atomic mass is 9.95. The van der Waals surface area contributed by atoms with Crippen molar-refractivity contribution in [3.05, 3.63) is 71.8 Å². The molecule has 0 saturated heterocycles. The predicted octanol–water partition coefficient (Wildman–Crippen LogP) is 3.07. The van der Waals surface area contributed by atoms with E-state index in [-0.39, 0.29) is 31.7 Å². The number of amides is 1. The Bertz CT molecular complexity index is 784.